The number of amides is 1. The van der Waals surface area contributed by atoms with E-state index in [9.17, 15) is 9.59 Å². The van der Waals surface area contributed by atoms with E-state index in [1.165, 1.54) is 16.2 Å². The molecule has 0 radical (unpaired) electrons. The molecule has 1 amide bonds. The lowest BCUT2D eigenvalue weighted by atomic mass is 9.89. The van der Waals surface area contributed by atoms with Gasteiger partial charge < -0.3 is 21.1 Å². The minimum Gasteiger partial charge on any atom is -0.458 e. The molecule has 1 aromatic rings. The van der Waals surface area contributed by atoms with E-state index in [4.69, 9.17) is 21.5 Å². The van der Waals surface area contributed by atoms with Gasteiger partial charge in [0.25, 0.3) is 5.91 Å². The molecule has 8 nitrogen and oxygen atoms in total. The van der Waals surface area contributed by atoms with Crippen LogP contribution in [0.4, 0.5) is 5.13 Å². The Labute approximate surface area is 158 Å². The molecule has 9 heteroatoms. The third-order valence-electron chi connectivity index (χ3n) is 3.70. The molecule has 0 bridgehead atoms. The van der Waals surface area contributed by atoms with Crippen LogP contribution in [0, 0.1) is 11.3 Å². The third kappa shape index (κ3) is 5.41. The number of hydrogen-bond acceptors (Lipinski definition) is 8. The van der Waals surface area contributed by atoms with Crippen molar-refractivity contribution >= 4 is 28.3 Å². The van der Waals surface area contributed by atoms with Gasteiger partial charge in [0.05, 0.1) is 12.5 Å². The lowest BCUT2D eigenvalue weighted by molar-refractivity contribution is -0.164. The van der Waals surface area contributed by atoms with Crippen LogP contribution in [0.5, 0.6) is 0 Å². The van der Waals surface area contributed by atoms with Crippen molar-refractivity contribution in [2.75, 3.05) is 18.0 Å². The van der Waals surface area contributed by atoms with E-state index >= 15 is 0 Å². The second kappa shape index (κ2) is 9.50. The minimum atomic E-state index is -1.74. The number of carbonyl (C=O) groups excluding carboxylic acids is 2. The molecule has 0 spiro atoms. The molecular formula is C17H27N5O3S. The van der Waals surface area contributed by atoms with Crippen LogP contribution in [0.2, 0.25) is 0 Å². The van der Waals surface area contributed by atoms with Crippen LogP contribution < -0.4 is 16.4 Å². The van der Waals surface area contributed by atoms with Crippen LogP contribution >= 0.6 is 11.3 Å². The van der Waals surface area contributed by atoms with Gasteiger partial charge in [-0.2, -0.15) is 5.26 Å². The van der Waals surface area contributed by atoms with Gasteiger partial charge >= 0.3 is 5.97 Å². The minimum absolute atomic E-state index is 0.105. The topological polar surface area (TPSA) is 135 Å². The first kappa shape index (κ1) is 21.9. The highest BCUT2D eigenvalue weighted by Gasteiger charge is 2.52. The molecule has 0 fully saturated rings. The fourth-order valence-electron chi connectivity index (χ4n) is 2.55. The fraction of sp³-hybridized carbons (Fsp3) is 0.647. The molecule has 0 saturated heterocycles. The summed E-state index contributed by atoms with van der Waals surface area (Å²) in [4.78, 5) is 31.4. The van der Waals surface area contributed by atoms with E-state index in [0.717, 1.165) is 0 Å². The smallest absolute Gasteiger partial charge is 0.342 e. The summed E-state index contributed by atoms with van der Waals surface area (Å²) in [6.07, 6.45) is 2.95. The summed E-state index contributed by atoms with van der Waals surface area (Å²) in [5.74, 6) is -1.56. The molecule has 0 aliphatic carbocycles. The highest BCUT2D eigenvalue weighted by molar-refractivity contribution is 7.13. The van der Waals surface area contributed by atoms with Crippen molar-refractivity contribution in [1.29, 1.82) is 5.26 Å². The number of esters is 1. The van der Waals surface area contributed by atoms with Crippen molar-refractivity contribution in [3.63, 3.8) is 0 Å². The Morgan fingerprint density at radius 1 is 1.38 bits per heavy atom. The van der Waals surface area contributed by atoms with E-state index < -0.39 is 23.0 Å². The van der Waals surface area contributed by atoms with E-state index in [0.29, 0.717) is 24.5 Å². The molecule has 1 rings (SSSR count). The number of thiazole rings is 1. The second-order valence-corrected chi connectivity index (χ2v) is 7.72. The number of hydrogen-bond donors (Lipinski definition) is 2. The molecule has 1 heterocycles. The van der Waals surface area contributed by atoms with E-state index in [-0.39, 0.29) is 19.4 Å². The largest absolute Gasteiger partial charge is 0.458 e. The zero-order valence-corrected chi connectivity index (χ0v) is 16.3. The first-order valence-electron chi connectivity index (χ1n) is 8.46. The van der Waals surface area contributed by atoms with Crippen molar-refractivity contribution < 1.29 is 14.3 Å². The summed E-state index contributed by atoms with van der Waals surface area (Å²) in [5, 5.41) is 11.2. The van der Waals surface area contributed by atoms with E-state index in [1.807, 2.05) is 6.07 Å². The van der Waals surface area contributed by atoms with Crippen LogP contribution in [-0.2, 0) is 14.3 Å². The highest BCUT2D eigenvalue weighted by atomic mass is 32.1. The van der Waals surface area contributed by atoms with Gasteiger partial charge in [-0.1, -0.05) is 0 Å². The van der Waals surface area contributed by atoms with Gasteiger partial charge in [-0.15, -0.1) is 11.3 Å². The predicted octanol–water partition coefficient (Wildman–Crippen LogP) is 1.56. The van der Waals surface area contributed by atoms with Crippen LogP contribution in [0.15, 0.2) is 11.6 Å². The fourth-order valence-corrected chi connectivity index (χ4v) is 3.29. The summed E-state index contributed by atoms with van der Waals surface area (Å²) >= 11 is 1.27. The number of primary amides is 1. The average molecular weight is 382 g/mol. The van der Waals surface area contributed by atoms with Crippen molar-refractivity contribution in [1.82, 2.24) is 4.98 Å². The molecule has 1 aromatic heterocycles. The van der Waals surface area contributed by atoms with Crippen LogP contribution in [-0.4, -0.2) is 41.1 Å². The average Bonchev–Trinajstić information content (AvgIpc) is 3.05. The zero-order valence-electron chi connectivity index (χ0n) is 15.5. The second-order valence-electron chi connectivity index (χ2n) is 6.85. The number of nitrogens with zero attached hydrogens (tertiary/aromatic N) is 3. The van der Waals surface area contributed by atoms with Gasteiger partial charge in [-0.25, -0.2) is 9.78 Å². The zero-order chi connectivity index (χ0) is 19.8. The molecule has 0 aromatic carbocycles. The number of carbonyl (C=O) groups is 2. The first-order chi connectivity index (χ1) is 12.2. The number of rotatable bonds is 10. The predicted molar refractivity (Wildman–Crippen MR) is 100 cm³/mol. The van der Waals surface area contributed by atoms with Gasteiger partial charge in [-0.3, -0.25) is 4.79 Å². The Hall–Kier alpha value is -2.18. The van der Waals surface area contributed by atoms with Gasteiger partial charge in [-0.05, 0) is 46.6 Å². The standard InChI is InChI=1S/C17H27N5O3S/c1-16(2,3)25-14(24)17(13(20)23,7-4-5-8-18)22(11-6-9-19)15-21-10-12-26-15/h10,12H,4-8,11,18H2,1-3H3,(H2,20,23)/t17-/m0/s1. The molecule has 0 aliphatic heterocycles. The molecule has 0 unspecified atom stereocenters. The molecule has 0 aliphatic rings. The summed E-state index contributed by atoms with van der Waals surface area (Å²) < 4.78 is 5.54. The van der Waals surface area contributed by atoms with E-state index in [1.54, 1.807) is 32.3 Å². The van der Waals surface area contributed by atoms with Crippen molar-refractivity contribution in [3.05, 3.63) is 11.6 Å². The SMILES string of the molecule is CC(C)(C)OC(=O)[C@](CCCCN)(C(N)=O)N(CCC#N)c1nccs1. The number of ether oxygens (including phenoxy) is 1. The Bertz CT molecular complexity index is 636. The Morgan fingerprint density at radius 3 is 2.54 bits per heavy atom. The maximum Gasteiger partial charge on any atom is 0.342 e. The van der Waals surface area contributed by atoms with Gasteiger partial charge in [0, 0.05) is 18.1 Å². The van der Waals surface area contributed by atoms with Crippen molar-refractivity contribution in [3.8, 4) is 6.07 Å². The Kier molecular flexibility index (Phi) is 7.99. The quantitative estimate of drug-likeness (QED) is 0.356. The number of nitriles is 1. The van der Waals surface area contributed by atoms with Gasteiger partial charge in [0.2, 0.25) is 5.54 Å². The molecule has 1 atom stereocenters. The maximum absolute atomic E-state index is 13.1. The normalized spacial score (nSPS) is 13.5. The molecule has 4 N–H and O–H groups in total. The van der Waals surface area contributed by atoms with Crippen LogP contribution in [0.1, 0.15) is 46.5 Å². The molecule has 26 heavy (non-hydrogen) atoms. The highest BCUT2D eigenvalue weighted by Crippen LogP contribution is 2.33. The van der Waals surface area contributed by atoms with E-state index in [2.05, 4.69) is 4.98 Å². The lowest BCUT2D eigenvalue weighted by Gasteiger charge is -2.40. The molecular weight excluding hydrogens is 354 g/mol. The van der Waals surface area contributed by atoms with Crippen LogP contribution in [0.25, 0.3) is 0 Å². The summed E-state index contributed by atoms with van der Waals surface area (Å²) in [5.41, 5.74) is 8.76. The van der Waals surface area contributed by atoms with Crippen LogP contribution in [0.3, 0.4) is 0 Å². The maximum atomic E-state index is 13.1. The number of anilines is 1. The molecule has 144 valence electrons. The van der Waals surface area contributed by atoms with Crippen molar-refractivity contribution in [2.24, 2.45) is 11.5 Å². The lowest BCUT2D eigenvalue weighted by Crippen LogP contribution is -2.64. The molecule has 0 saturated carbocycles. The monoisotopic (exact) mass is 381 g/mol. The number of nitrogens with two attached hydrogens (primary N) is 2. The number of unbranched alkanes of at least 4 members (excludes halogenated alkanes) is 1. The first-order valence-corrected chi connectivity index (χ1v) is 9.34. The summed E-state index contributed by atoms with van der Waals surface area (Å²) in [6.45, 7) is 5.73. The van der Waals surface area contributed by atoms with Crippen molar-refractivity contribution in [2.45, 2.75) is 57.6 Å². The number of aromatic nitrogens is 1. The summed E-state index contributed by atoms with van der Waals surface area (Å²) in [7, 11) is 0. The third-order valence-corrected chi connectivity index (χ3v) is 4.49. The van der Waals surface area contributed by atoms with Gasteiger partial charge in [0.1, 0.15) is 5.60 Å². The van der Waals surface area contributed by atoms with Gasteiger partial charge in [0.15, 0.2) is 5.13 Å². The Morgan fingerprint density at radius 2 is 2.08 bits per heavy atom. The summed E-state index contributed by atoms with van der Waals surface area (Å²) in [6, 6.07) is 2.04. The Balaban J connectivity index is 3.43.